The summed E-state index contributed by atoms with van der Waals surface area (Å²) in [6.45, 7) is 2.66. The number of unbranched alkanes of at least 4 members (excludes halogenated alkanes) is 1. The largest absolute Gasteiger partial charge is 0.508 e. The van der Waals surface area contributed by atoms with Crippen molar-refractivity contribution in [3.63, 3.8) is 0 Å². The molecule has 0 spiro atoms. The average Bonchev–Trinajstić information content (AvgIpc) is 2.46. The number of benzene rings is 1. The molecule has 0 radical (unpaired) electrons. The first kappa shape index (κ1) is 14.8. The molecule has 0 unspecified atom stereocenters. The summed E-state index contributed by atoms with van der Waals surface area (Å²) >= 11 is 0. The van der Waals surface area contributed by atoms with E-state index in [1.165, 1.54) is 0 Å². The molecular weight excluding hydrogens is 266 g/mol. The van der Waals surface area contributed by atoms with Gasteiger partial charge in [0.25, 0.3) is 0 Å². The van der Waals surface area contributed by atoms with E-state index in [1.54, 1.807) is 36.4 Å². The molecule has 0 fully saturated rings. The van der Waals surface area contributed by atoms with Gasteiger partial charge in [-0.1, -0.05) is 13.3 Å². The van der Waals surface area contributed by atoms with Crippen LogP contribution in [0.1, 0.15) is 19.8 Å². The molecule has 21 heavy (non-hydrogen) atoms. The van der Waals surface area contributed by atoms with Crippen molar-refractivity contribution >= 4 is 17.1 Å². The second kappa shape index (κ2) is 6.74. The van der Waals surface area contributed by atoms with E-state index in [9.17, 15) is 5.11 Å². The van der Waals surface area contributed by atoms with Crippen molar-refractivity contribution in [2.24, 2.45) is 10.7 Å². The molecule has 110 valence electrons. The number of nitrogens with two attached hydrogens (primary N) is 1. The van der Waals surface area contributed by atoms with Gasteiger partial charge in [-0.05, 0) is 36.8 Å². The fourth-order valence-electron chi connectivity index (χ4n) is 1.79. The maximum absolute atomic E-state index is 9.27. The van der Waals surface area contributed by atoms with E-state index in [2.05, 4.69) is 11.9 Å². The number of rotatable bonds is 5. The topological polar surface area (TPSA) is 91.7 Å². The highest BCUT2D eigenvalue weighted by molar-refractivity contribution is 6.22. The molecule has 0 atom stereocenters. The van der Waals surface area contributed by atoms with Crippen LogP contribution >= 0.6 is 0 Å². The van der Waals surface area contributed by atoms with E-state index >= 15 is 0 Å². The van der Waals surface area contributed by atoms with Crippen molar-refractivity contribution in [3.8, 4) is 5.75 Å². The average molecular weight is 285 g/mol. The highest BCUT2D eigenvalue weighted by Gasteiger charge is 2.15. The van der Waals surface area contributed by atoms with Gasteiger partial charge in [0.1, 0.15) is 11.5 Å². The van der Waals surface area contributed by atoms with Gasteiger partial charge in [-0.25, -0.2) is 4.99 Å². The summed E-state index contributed by atoms with van der Waals surface area (Å²) in [6, 6.07) is 6.51. The van der Waals surface area contributed by atoms with Crippen LogP contribution in [-0.2, 0) is 4.74 Å². The van der Waals surface area contributed by atoms with Crippen molar-refractivity contribution in [1.82, 2.24) is 0 Å². The van der Waals surface area contributed by atoms with Gasteiger partial charge in [0.2, 0.25) is 0 Å². The molecule has 1 aliphatic rings. The Morgan fingerprint density at radius 3 is 2.62 bits per heavy atom. The van der Waals surface area contributed by atoms with Crippen molar-refractivity contribution in [1.29, 1.82) is 5.41 Å². The molecule has 1 aromatic rings. The lowest BCUT2D eigenvalue weighted by Crippen LogP contribution is -2.19. The normalized spacial score (nSPS) is 16.6. The predicted octanol–water partition coefficient (Wildman–Crippen LogP) is 3.04. The molecule has 0 amide bonds. The van der Waals surface area contributed by atoms with Crippen molar-refractivity contribution < 1.29 is 9.84 Å². The molecule has 1 aromatic carbocycles. The fourth-order valence-corrected chi connectivity index (χ4v) is 1.79. The van der Waals surface area contributed by atoms with E-state index in [1.807, 2.05) is 0 Å². The SMILES string of the molecule is CCCCOC1=CC(=Nc2ccc(O)cc2)C(N)=CC1=N. The lowest BCUT2D eigenvalue weighted by molar-refractivity contribution is 0.226. The number of allylic oxidation sites excluding steroid dienone is 2. The van der Waals surface area contributed by atoms with E-state index < -0.39 is 0 Å². The van der Waals surface area contributed by atoms with E-state index in [-0.39, 0.29) is 11.5 Å². The number of aliphatic imine (C=N–C) groups is 1. The quantitative estimate of drug-likeness (QED) is 0.573. The van der Waals surface area contributed by atoms with Crippen LogP contribution in [0.2, 0.25) is 0 Å². The second-order valence-electron chi connectivity index (χ2n) is 4.74. The highest BCUT2D eigenvalue weighted by Crippen LogP contribution is 2.20. The molecule has 5 heteroatoms. The molecular formula is C16H19N3O2. The molecule has 1 aliphatic carbocycles. The first-order chi connectivity index (χ1) is 10.1. The first-order valence-corrected chi connectivity index (χ1v) is 6.89. The number of phenols is 1. The van der Waals surface area contributed by atoms with Gasteiger partial charge in [-0.3, -0.25) is 5.41 Å². The van der Waals surface area contributed by atoms with Crippen molar-refractivity contribution in [2.75, 3.05) is 6.61 Å². The van der Waals surface area contributed by atoms with Gasteiger partial charge in [0, 0.05) is 6.08 Å². The minimum atomic E-state index is 0.187. The number of aromatic hydroxyl groups is 1. The Balaban J connectivity index is 2.22. The molecule has 0 aliphatic heterocycles. The van der Waals surface area contributed by atoms with Crippen LogP contribution < -0.4 is 5.73 Å². The lowest BCUT2D eigenvalue weighted by atomic mass is 10.1. The van der Waals surface area contributed by atoms with Gasteiger partial charge < -0.3 is 15.6 Å². The number of ether oxygens (including phenoxy) is 1. The summed E-state index contributed by atoms with van der Waals surface area (Å²) in [6.07, 6.45) is 5.20. The molecule has 5 nitrogen and oxygen atoms in total. The molecule has 4 N–H and O–H groups in total. The molecule has 0 bridgehead atoms. The standard InChI is InChI=1S/C16H19N3O2/c1-2-3-8-21-16-10-15(13(17)9-14(16)18)19-11-4-6-12(20)7-5-11/h4-7,9-10,18,20H,2-3,8,17H2,1H3. The summed E-state index contributed by atoms with van der Waals surface area (Å²) in [5.41, 5.74) is 7.82. The van der Waals surface area contributed by atoms with Crippen LogP contribution in [0.15, 0.2) is 52.9 Å². The monoisotopic (exact) mass is 285 g/mol. The number of hydrogen-bond acceptors (Lipinski definition) is 5. The van der Waals surface area contributed by atoms with E-state index in [0.717, 1.165) is 12.8 Å². The summed E-state index contributed by atoms with van der Waals surface area (Å²) < 4.78 is 5.59. The number of nitrogens with one attached hydrogen (secondary N) is 1. The summed E-state index contributed by atoms with van der Waals surface area (Å²) in [4.78, 5) is 4.41. The first-order valence-electron chi connectivity index (χ1n) is 6.89. The van der Waals surface area contributed by atoms with Crippen LogP contribution in [0.3, 0.4) is 0 Å². The predicted molar refractivity (Wildman–Crippen MR) is 84.1 cm³/mol. The Morgan fingerprint density at radius 2 is 1.95 bits per heavy atom. The van der Waals surface area contributed by atoms with Crippen LogP contribution in [0.25, 0.3) is 0 Å². The van der Waals surface area contributed by atoms with Gasteiger partial charge in [0.05, 0.1) is 29.4 Å². The zero-order valence-electron chi connectivity index (χ0n) is 12.0. The molecule has 0 aromatic heterocycles. The summed E-state index contributed by atoms with van der Waals surface area (Å²) in [7, 11) is 0. The molecule has 2 rings (SSSR count). The molecule has 0 saturated carbocycles. The van der Waals surface area contributed by atoms with E-state index in [4.69, 9.17) is 15.9 Å². The number of hydrogen-bond donors (Lipinski definition) is 3. The van der Waals surface area contributed by atoms with Crippen molar-refractivity contribution in [3.05, 3.63) is 47.9 Å². The third-order valence-corrected chi connectivity index (χ3v) is 2.98. The van der Waals surface area contributed by atoms with Gasteiger partial charge in [-0.2, -0.15) is 0 Å². The van der Waals surface area contributed by atoms with Crippen molar-refractivity contribution in [2.45, 2.75) is 19.8 Å². The smallest absolute Gasteiger partial charge is 0.146 e. The highest BCUT2D eigenvalue weighted by atomic mass is 16.5. The second-order valence-corrected chi connectivity index (χ2v) is 4.74. The van der Waals surface area contributed by atoms with Gasteiger partial charge in [-0.15, -0.1) is 0 Å². The third-order valence-electron chi connectivity index (χ3n) is 2.98. The Kier molecular flexibility index (Phi) is 4.77. The van der Waals surface area contributed by atoms with Gasteiger partial charge in [0.15, 0.2) is 0 Å². The third kappa shape index (κ3) is 3.95. The number of phenolic OH excluding ortho intramolecular Hbond substituents is 1. The van der Waals surface area contributed by atoms with Crippen LogP contribution in [-0.4, -0.2) is 23.1 Å². The fraction of sp³-hybridized carbons (Fsp3) is 0.250. The molecule has 0 heterocycles. The van der Waals surface area contributed by atoms with Gasteiger partial charge >= 0.3 is 0 Å². The Bertz CT molecular complexity index is 613. The van der Waals surface area contributed by atoms with Crippen LogP contribution in [0, 0.1) is 5.41 Å². The summed E-state index contributed by atoms with van der Waals surface area (Å²) in [5.74, 6) is 0.669. The zero-order valence-corrected chi connectivity index (χ0v) is 12.0. The maximum Gasteiger partial charge on any atom is 0.146 e. The van der Waals surface area contributed by atoms with Crippen LogP contribution in [0.4, 0.5) is 5.69 Å². The minimum Gasteiger partial charge on any atom is -0.508 e. The zero-order chi connectivity index (χ0) is 15.2. The molecule has 0 saturated heterocycles. The Hall–Kier alpha value is -2.56. The van der Waals surface area contributed by atoms with Crippen LogP contribution in [0.5, 0.6) is 5.75 Å². The maximum atomic E-state index is 9.27. The lowest BCUT2D eigenvalue weighted by Gasteiger charge is -2.15. The Labute approximate surface area is 124 Å². The Morgan fingerprint density at radius 1 is 1.24 bits per heavy atom. The van der Waals surface area contributed by atoms with E-state index in [0.29, 0.717) is 29.5 Å². The number of nitrogens with zero attached hydrogens (tertiary/aromatic N) is 1. The summed E-state index contributed by atoms with van der Waals surface area (Å²) in [5, 5.41) is 17.1. The minimum absolute atomic E-state index is 0.187.